The van der Waals surface area contributed by atoms with Crippen molar-refractivity contribution >= 4 is 33.2 Å². The molecule has 26 heavy (non-hydrogen) atoms. The minimum atomic E-state index is 0.241. The maximum absolute atomic E-state index is 10.1. The van der Waals surface area contributed by atoms with E-state index in [4.69, 9.17) is 9.47 Å². The van der Waals surface area contributed by atoms with Crippen LogP contribution in [0.2, 0.25) is 0 Å². The van der Waals surface area contributed by atoms with E-state index in [1.54, 1.807) is 20.3 Å². The first-order chi connectivity index (χ1) is 12.7. The highest BCUT2D eigenvalue weighted by atomic mass is 16.5. The number of benzene rings is 3. The van der Waals surface area contributed by atoms with Crippen LogP contribution in [0.25, 0.3) is 21.7 Å². The number of aromatic nitrogens is 2. The number of nitrogens with zero attached hydrogens (tertiary/aromatic N) is 2. The zero-order valence-electron chi connectivity index (χ0n) is 14.4. The van der Waals surface area contributed by atoms with Gasteiger partial charge in [-0.2, -0.15) is 0 Å². The van der Waals surface area contributed by atoms with E-state index in [1.807, 2.05) is 42.5 Å². The summed E-state index contributed by atoms with van der Waals surface area (Å²) < 4.78 is 10.7. The molecule has 0 fully saturated rings. The van der Waals surface area contributed by atoms with Gasteiger partial charge in [-0.15, -0.1) is 0 Å². The summed E-state index contributed by atoms with van der Waals surface area (Å²) in [6.45, 7) is 0. The number of anilines is 2. The molecule has 0 bridgehead atoms. The fourth-order valence-electron chi connectivity index (χ4n) is 3.01. The average molecular weight is 347 g/mol. The number of hydrogen-bond donors (Lipinski definition) is 2. The molecule has 0 atom stereocenters. The number of aromatic hydroxyl groups is 1. The van der Waals surface area contributed by atoms with Gasteiger partial charge in [-0.05, 0) is 18.2 Å². The summed E-state index contributed by atoms with van der Waals surface area (Å²) in [7, 11) is 3.18. The maximum atomic E-state index is 10.1. The molecule has 0 amide bonds. The Morgan fingerprint density at radius 1 is 0.846 bits per heavy atom. The van der Waals surface area contributed by atoms with Crippen molar-refractivity contribution in [3.63, 3.8) is 0 Å². The van der Waals surface area contributed by atoms with E-state index in [9.17, 15) is 5.11 Å². The van der Waals surface area contributed by atoms with Crippen LogP contribution >= 0.6 is 0 Å². The van der Waals surface area contributed by atoms with Gasteiger partial charge in [0.05, 0.1) is 19.7 Å². The van der Waals surface area contributed by atoms with Crippen molar-refractivity contribution in [2.75, 3.05) is 19.5 Å². The normalized spacial score (nSPS) is 10.8. The second-order valence-corrected chi connectivity index (χ2v) is 5.75. The van der Waals surface area contributed by atoms with E-state index in [-0.39, 0.29) is 5.75 Å². The van der Waals surface area contributed by atoms with Crippen LogP contribution in [0.4, 0.5) is 11.5 Å². The minimum Gasteiger partial charge on any atom is -0.507 e. The van der Waals surface area contributed by atoms with Crippen LogP contribution in [0.5, 0.6) is 17.2 Å². The Labute approximate surface area is 150 Å². The first-order valence-corrected chi connectivity index (χ1v) is 8.05. The second-order valence-electron chi connectivity index (χ2n) is 5.75. The molecule has 2 N–H and O–H groups in total. The van der Waals surface area contributed by atoms with Gasteiger partial charge in [0.2, 0.25) is 0 Å². The van der Waals surface area contributed by atoms with Gasteiger partial charge in [-0.25, -0.2) is 9.97 Å². The van der Waals surface area contributed by atoms with Gasteiger partial charge in [-0.3, -0.25) is 0 Å². The fourth-order valence-corrected chi connectivity index (χ4v) is 3.01. The van der Waals surface area contributed by atoms with E-state index >= 15 is 0 Å². The number of phenols is 1. The largest absolute Gasteiger partial charge is 0.507 e. The highest BCUT2D eigenvalue weighted by Gasteiger charge is 2.12. The molecule has 0 spiro atoms. The van der Waals surface area contributed by atoms with Gasteiger partial charge in [0, 0.05) is 27.9 Å². The molecular formula is C20H17N3O3. The molecule has 0 unspecified atom stereocenters. The van der Waals surface area contributed by atoms with E-state index in [0.29, 0.717) is 17.3 Å². The van der Waals surface area contributed by atoms with Gasteiger partial charge in [0.15, 0.2) is 11.5 Å². The molecule has 0 aliphatic rings. The molecule has 1 heterocycles. The summed E-state index contributed by atoms with van der Waals surface area (Å²) in [5, 5.41) is 15.9. The number of methoxy groups -OCH3 is 2. The first-order valence-electron chi connectivity index (χ1n) is 8.05. The smallest absolute Gasteiger partial charge is 0.162 e. The van der Waals surface area contributed by atoms with Crippen molar-refractivity contribution in [2.24, 2.45) is 0 Å². The zero-order chi connectivity index (χ0) is 18.1. The van der Waals surface area contributed by atoms with Gasteiger partial charge in [0.1, 0.15) is 17.9 Å². The molecule has 0 radical (unpaired) electrons. The highest BCUT2D eigenvalue weighted by molar-refractivity contribution is 6.01. The fraction of sp³-hybridized carbons (Fsp3) is 0.100. The molecule has 6 heteroatoms. The average Bonchev–Trinajstić information content (AvgIpc) is 2.68. The predicted molar refractivity (Wildman–Crippen MR) is 102 cm³/mol. The Kier molecular flexibility index (Phi) is 3.93. The van der Waals surface area contributed by atoms with Gasteiger partial charge in [0.25, 0.3) is 0 Å². The molecule has 0 aliphatic carbocycles. The molecule has 4 aromatic rings. The summed E-state index contributed by atoms with van der Waals surface area (Å²) in [5.74, 6) is 2.10. The standard InChI is InChI=1S/C20H17N3O3/c1-25-18-9-14-16(10-19(18)26-2)21-11-22-20(14)23-15-7-3-6-13-12(15)5-4-8-17(13)24/h3-11,24H,1-2H3,(H,21,22,23). The van der Waals surface area contributed by atoms with Crippen molar-refractivity contribution < 1.29 is 14.6 Å². The van der Waals surface area contributed by atoms with Crippen molar-refractivity contribution in [3.05, 3.63) is 54.9 Å². The number of phenolic OH excluding ortho intramolecular Hbond substituents is 1. The number of ether oxygens (including phenoxy) is 2. The minimum absolute atomic E-state index is 0.241. The Morgan fingerprint density at radius 2 is 1.58 bits per heavy atom. The lowest BCUT2D eigenvalue weighted by Crippen LogP contribution is -1.98. The molecule has 1 aromatic heterocycles. The van der Waals surface area contributed by atoms with Crippen molar-refractivity contribution in [1.82, 2.24) is 9.97 Å². The van der Waals surface area contributed by atoms with Crippen LogP contribution in [0.15, 0.2) is 54.9 Å². The molecule has 0 saturated heterocycles. The molecule has 0 aliphatic heterocycles. The molecule has 6 nitrogen and oxygen atoms in total. The maximum Gasteiger partial charge on any atom is 0.162 e. The summed E-state index contributed by atoms with van der Waals surface area (Å²) in [5.41, 5.74) is 1.58. The predicted octanol–water partition coefficient (Wildman–Crippen LogP) is 4.25. The zero-order valence-corrected chi connectivity index (χ0v) is 14.4. The Bertz CT molecular complexity index is 1110. The summed E-state index contributed by atoms with van der Waals surface area (Å²) in [4.78, 5) is 8.70. The summed E-state index contributed by atoms with van der Waals surface area (Å²) >= 11 is 0. The third kappa shape index (κ3) is 2.61. The molecule has 130 valence electrons. The van der Waals surface area contributed by atoms with E-state index in [0.717, 1.165) is 27.4 Å². The molecule has 0 saturated carbocycles. The Morgan fingerprint density at radius 3 is 2.38 bits per heavy atom. The molecule has 4 rings (SSSR count). The van der Waals surface area contributed by atoms with E-state index in [1.165, 1.54) is 6.33 Å². The Balaban J connectivity index is 1.87. The number of rotatable bonds is 4. The van der Waals surface area contributed by atoms with E-state index in [2.05, 4.69) is 15.3 Å². The third-order valence-corrected chi connectivity index (χ3v) is 4.29. The van der Waals surface area contributed by atoms with Crippen LogP contribution in [-0.4, -0.2) is 29.3 Å². The first kappa shape index (κ1) is 16.0. The van der Waals surface area contributed by atoms with Crippen molar-refractivity contribution in [2.45, 2.75) is 0 Å². The molecule has 3 aromatic carbocycles. The topological polar surface area (TPSA) is 76.5 Å². The van der Waals surface area contributed by atoms with Crippen LogP contribution in [0.3, 0.4) is 0 Å². The SMILES string of the molecule is COc1cc2ncnc(Nc3cccc4c(O)cccc34)c2cc1OC. The van der Waals surface area contributed by atoms with Crippen LogP contribution in [0.1, 0.15) is 0 Å². The lowest BCUT2D eigenvalue weighted by Gasteiger charge is -2.13. The molecular weight excluding hydrogens is 330 g/mol. The van der Waals surface area contributed by atoms with Crippen molar-refractivity contribution in [1.29, 1.82) is 0 Å². The summed E-state index contributed by atoms with van der Waals surface area (Å²) in [6.07, 6.45) is 1.50. The number of hydrogen-bond acceptors (Lipinski definition) is 6. The van der Waals surface area contributed by atoms with E-state index < -0.39 is 0 Å². The third-order valence-electron chi connectivity index (χ3n) is 4.29. The number of fused-ring (bicyclic) bond motifs is 2. The lowest BCUT2D eigenvalue weighted by molar-refractivity contribution is 0.356. The van der Waals surface area contributed by atoms with Gasteiger partial charge >= 0.3 is 0 Å². The van der Waals surface area contributed by atoms with Crippen LogP contribution in [0, 0.1) is 0 Å². The quantitative estimate of drug-likeness (QED) is 0.575. The second kappa shape index (κ2) is 6.40. The van der Waals surface area contributed by atoms with Crippen LogP contribution < -0.4 is 14.8 Å². The number of nitrogens with one attached hydrogen (secondary N) is 1. The van der Waals surface area contributed by atoms with Crippen LogP contribution in [-0.2, 0) is 0 Å². The monoisotopic (exact) mass is 347 g/mol. The highest BCUT2D eigenvalue weighted by Crippen LogP contribution is 2.36. The summed E-state index contributed by atoms with van der Waals surface area (Å²) in [6, 6.07) is 14.8. The Hall–Kier alpha value is -3.54. The van der Waals surface area contributed by atoms with Gasteiger partial charge < -0.3 is 19.9 Å². The van der Waals surface area contributed by atoms with Crippen molar-refractivity contribution in [3.8, 4) is 17.2 Å². The van der Waals surface area contributed by atoms with Gasteiger partial charge in [-0.1, -0.05) is 24.3 Å². The lowest BCUT2D eigenvalue weighted by atomic mass is 10.1.